The molecule has 3 N–H and O–H groups in total. The van der Waals surface area contributed by atoms with Crippen molar-refractivity contribution in [2.45, 2.75) is 66.0 Å². The molecule has 2 rings (SSSR count). The highest BCUT2D eigenvalue weighted by atomic mass is 16.2. The lowest BCUT2D eigenvalue weighted by Crippen LogP contribution is -2.40. The molecule has 1 fully saturated rings. The summed E-state index contributed by atoms with van der Waals surface area (Å²) in [6.45, 7) is 9.03. The number of amides is 1. The first-order valence-corrected chi connectivity index (χ1v) is 7.48. The highest BCUT2D eigenvalue weighted by Crippen LogP contribution is 2.35. The number of carbonyl (C=O) groups is 1. The standard InChI is InChI=1S/C15H26N4O/c1-5-19-13(12(16)10(2)18-19)14(20)17-11-6-8-15(3,4)9-7-11/h11H,5-9,16H2,1-4H3,(H,17,20). The molecule has 1 amide bonds. The fraction of sp³-hybridized carbons (Fsp3) is 0.733. The zero-order valence-corrected chi connectivity index (χ0v) is 13.0. The SMILES string of the molecule is CCn1nc(C)c(N)c1C(=O)NC1CCC(C)(C)CC1. The first-order chi connectivity index (χ1) is 9.34. The lowest BCUT2D eigenvalue weighted by Gasteiger charge is -2.34. The molecule has 5 heteroatoms. The van der Waals surface area contributed by atoms with E-state index in [0.717, 1.165) is 31.4 Å². The van der Waals surface area contributed by atoms with Gasteiger partial charge < -0.3 is 11.1 Å². The zero-order chi connectivity index (χ0) is 14.9. The molecule has 0 saturated heterocycles. The Morgan fingerprint density at radius 1 is 1.45 bits per heavy atom. The number of carbonyl (C=O) groups excluding carboxylic acids is 1. The predicted molar refractivity (Wildman–Crippen MR) is 80.6 cm³/mol. The van der Waals surface area contributed by atoms with Gasteiger partial charge in [0.2, 0.25) is 0 Å². The molecule has 1 aromatic rings. The summed E-state index contributed by atoms with van der Waals surface area (Å²) in [6, 6.07) is 0.260. The number of rotatable bonds is 3. The van der Waals surface area contributed by atoms with Crippen LogP contribution < -0.4 is 11.1 Å². The number of aromatic nitrogens is 2. The van der Waals surface area contributed by atoms with Crippen molar-refractivity contribution in [1.29, 1.82) is 0 Å². The minimum absolute atomic E-state index is 0.0883. The Bertz CT molecular complexity index is 494. The van der Waals surface area contributed by atoms with Crippen LogP contribution in [0.4, 0.5) is 5.69 Å². The maximum atomic E-state index is 12.4. The van der Waals surface area contributed by atoms with Crippen molar-refractivity contribution < 1.29 is 4.79 Å². The van der Waals surface area contributed by atoms with Crippen molar-refractivity contribution in [1.82, 2.24) is 15.1 Å². The van der Waals surface area contributed by atoms with Crippen molar-refractivity contribution in [3.8, 4) is 0 Å². The van der Waals surface area contributed by atoms with Crippen molar-refractivity contribution >= 4 is 11.6 Å². The lowest BCUT2D eigenvalue weighted by molar-refractivity contribution is 0.0899. The summed E-state index contributed by atoms with van der Waals surface area (Å²) in [5.74, 6) is -0.0883. The van der Waals surface area contributed by atoms with Gasteiger partial charge in [0.1, 0.15) is 5.69 Å². The third kappa shape index (κ3) is 2.97. The van der Waals surface area contributed by atoms with Gasteiger partial charge in [-0.2, -0.15) is 5.10 Å². The summed E-state index contributed by atoms with van der Waals surface area (Å²) in [6.07, 6.45) is 4.38. The second-order valence-corrected chi connectivity index (χ2v) is 6.58. The highest BCUT2D eigenvalue weighted by molar-refractivity contribution is 5.98. The van der Waals surface area contributed by atoms with E-state index in [1.54, 1.807) is 4.68 Å². The van der Waals surface area contributed by atoms with Gasteiger partial charge in [-0.25, -0.2) is 0 Å². The van der Waals surface area contributed by atoms with Crippen LogP contribution in [0.2, 0.25) is 0 Å². The van der Waals surface area contributed by atoms with Gasteiger partial charge in [0.05, 0.1) is 11.4 Å². The molecular formula is C15H26N4O. The van der Waals surface area contributed by atoms with Gasteiger partial charge in [-0.15, -0.1) is 0 Å². The molecule has 112 valence electrons. The number of nitrogens with zero attached hydrogens (tertiary/aromatic N) is 2. The summed E-state index contributed by atoms with van der Waals surface area (Å²) >= 11 is 0. The molecule has 1 aliphatic carbocycles. The topological polar surface area (TPSA) is 72.9 Å². The maximum absolute atomic E-state index is 12.4. The molecular weight excluding hydrogens is 252 g/mol. The van der Waals surface area contributed by atoms with Crippen molar-refractivity contribution in [3.63, 3.8) is 0 Å². The van der Waals surface area contributed by atoms with Crippen molar-refractivity contribution in [2.24, 2.45) is 5.41 Å². The number of aryl methyl sites for hydroxylation is 2. The lowest BCUT2D eigenvalue weighted by atomic mass is 9.75. The predicted octanol–water partition coefficient (Wildman–Crippen LogP) is 2.49. The summed E-state index contributed by atoms with van der Waals surface area (Å²) in [7, 11) is 0. The number of anilines is 1. The van der Waals surface area contributed by atoms with E-state index in [1.165, 1.54) is 0 Å². The van der Waals surface area contributed by atoms with Crippen molar-refractivity contribution in [3.05, 3.63) is 11.4 Å². The molecule has 1 aliphatic rings. The minimum Gasteiger partial charge on any atom is -0.395 e. The zero-order valence-electron chi connectivity index (χ0n) is 13.0. The van der Waals surface area contributed by atoms with E-state index >= 15 is 0 Å². The van der Waals surface area contributed by atoms with Crippen LogP contribution in [0.25, 0.3) is 0 Å². The molecule has 0 aliphatic heterocycles. The van der Waals surface area contributed by atoms with Gasteiger partial charge >= 0.3 is 0 Å². The normalized spacial score (nSPS) is 19.0. The number of hydrogen-bond donors (Lipinski definition) is 2. The summed E-state index contributed by atoms with van der Waals surface area (Å²) in [5.41, 5.74) is 8.12. The van der Waals surface area contributed by atoms with Gasteiger partial charge in [0.15, 0.2) is 0 Å². The largest absolute Gasteiger partial charge is 0.395 e. The molecule has 0 spiro atoms. The molecule has 5 nitrogen and oxygen atoms in total. The molecule has 0 bridgehead atoms. The van der Waals surface area contributed by atoms with Gasteiger partial charge in [-0.3, -0.25) is 9.48 Å². The Kier molecular flexibility index (Phi) is 4.06. The fourth-order valence-electron chi connectivity index (χ4n) is 2.86. The molecule has 1 saturated carbocycles. The Morgan fingerprint density at radius 2 is 2.05 bits per heavy atom. The Balaban J connectivity index is 2.06. The summed E-state index contributed by atoms with van der Waals surface area (Å²) in [4.78, 5) is 12.4. The van der Waals surface area contributed by atoms with Crippen LogP contribution >= 0.6 is 0 Å². The molecule has 0 radical (unpaired) electrons. The third-order valence-corrected chi connectivity index (χ3v) is 4.36. The second-order valence-electron chi connectivity index (χ2n) is 6.58. The fourth-order valence-corrected chi connectivity index (χ4v) is 2.86. The van der Waals surface area contributed by atoms with E-state index in [1.807, 2.05) is 13.8 Å². The first-order valence-electron chi connectivity index (χ1n) is 7.48. The van der Waals surface area contributed by atoms with E-state index < -0.39 is 0 Å². The summed E-state index contributed by atoms with van der Waals surface area (Å²) < 4.78 is 1.69. The van der Waals surface area contributed by atoms with Crippen LogP contribution in [-0.2, 0) is 6.54 Å². The van der Waals surface area contributed by atoms with E-state index in [2.05, 4.69) is 24.3 Å². The smallest absolute Gasteiger partial charge is 0.271 e. The first kappa shape index (κ1) is 14.9. The maximum Gasteiger partial charge on any atom is 0.271 e. The van der Waals surface area contributed by atoms with Crippen LogP contribution in [-0.4, -0.2) is 21.7 Å². The summed E-state index contributed by atoms with van der Waals surface area (Å²) in [5, 5.41) is 7.42. The van der Waals surface area contributed by atoms with Crippen molar-refractivity contribution in [2.75, 3.05) is 5.73 Å². The minimum atomic E-state index is -0.0883. The van der Waals surface area contributed by atoms with E-state index in [-0.39, 0.29) is 11.9 Å². The Morgan fingerprint density at radius 3 is 2.60 bits per heavy atom. The van der Waals surface area contributed by atoms with E-state index in [0.29, 0.717) is 23.3 Å². The van der Waals surface area contributed by atoms with Crippen LogP contribution in [0, 0.1) is 12.3 Å². The average Bonchev–Trinajstić information content (AvgIpc) is 2.68. The van der Waals surface area contributed by atoms with Crippen LogP contribution in [0.1, 0.15) is 62.6 Å². The molecule has 0 aromatic carbocycles. The highest BCUT2D eigenvalue weighted by Gasteiger charge is 2.29. The number of hydrogen-bond acceptors (Lipinski definition) is 3. The monoisotopic (exact) mass is 278 g/mol. The molecule has 1 aromatic heterocycles. The third-order valence-electron chi connectivity index (χ3n) is 4.36. The number of nitrogen functional groups attached to an aromatic ring is 1. The van der Waals surface area contributed by atoms with E-state index in [4.69, 9.17) is 5.73 Å². The van der Waals surface area contributed by atoms with E-state index in [9.17, 15) is 4.79 Å². The van der Waals surface area contributed by atoms with Gasteiger partial charge in [0, 0.05) is 12.6 Å². The van der Waals surface area contributed by atoms with Gasteiger partial charge in [0.25, 0.3) is 5.91 Å². The Labute approximate surface area is 120 Å². The average molecular weight is 278 g/mol. The molecule has 20 heavy (non-hydrogen) atoms. The van der Waals surface area contributed by atoms with Crippen LogP contribution in [0.5, 0.6) is 0 Å². The molecule has 1 heterocycles. The second kappa shape index (κ2) is 5.46. The van der Waals surface area contributed by atoms with Gasteiger partial charge in [-0.05, 0) is 44.9 Å². The molecule has 0 unspecified atom stereocenters. The van der Waals surface area contributed by atoms with Crippen LogP contribution in [0.3, 0.4) is 0 Å². The Hall–Kier alpha value is -1.52. The number of nitrogens with two attached hydrogens (primary N) is 1. The molecule has 0 atom stereocenters. The van der Waals surface area contributed by atoms with Crippen LogP contribution in [0.15, 0.2) is 0 Å². The van der Waals surface area contributed by atoms with Gasteiger partial charge in [-0.1, -0.05) is 13.8 Å². The quantitative estimate of drug-likeness (QED) is 0.892. The number of nitrogens with one attached hydrogen (secondary N) is 1.